The van der Waals surface area contributed by atoms with E-state index in [-0.39, 0.29) is 16.5 Å². The average Bonchev–Trinajstić information content (AvgIpc) is 3.23. The minimum atomic E-state index is -3.89. The molecule has 2 rings (SSSR count). The highest BCUT2D eigenvalue weighted by Crippen LogP contribution is 2.39. The SMILES string of the molecule is COC(=O)C(C1CC1)S(=O)(=O)c1ccc([N+](=O)[O-])cc1. The van der Waals surface area contributed by atoms with E-state index in [1.54, 1.807) is 0 Å². The van der Waals surface area contributed by atoms with Crippen molar-refractivity contribution < 1.29 is 22.9 Å². The van der Waals surface area contributed by atoms with E-state index in [4.69, 9.17) is 0 Å². The summed E-state index contributed by atoms with van der Waals surface area (Å²) in [5, 5.41) is 9.32. The molecule has 1 aromatic rings. The first-order valence-electron chi connectivity index (χ1n) is 5.94. The molecule has 0 saturated heterocycles. The summed E-state index contributed by atoms with van der Waals surface area (Å²) in [4.78, 5) is 21.5. The molecule has 7 nitrogen and oxygen atoms in total. The van der Waals surface area contributed by atoms with Gasteiger partial charge >= 0.3 is 5.97 Å². The highest BCUT2D eigenvalue weighted by molar-refractivity contribution is 7.92. The maximum absolute atomic E-state index is 12.4. The molecule has 1 aliphatic carbocycles. The fourth-order valence-corrected chi connectivity index (χ4v) is 3.93. The van der Waals surface area contributed by atoms with E-state index in [0.717, 1.165) is 31.4 Å². The molecule has 0 radical (unpaired) electrons. The first-order valence-corrected chi connectivity index (χ1v) is 7.48. The Balaban J connectivity index is 2.37. The lowest BCUT2D eigenvalue weighted by Crippen LogP contribution is -2.33. The summed E-state index contributed by atoms with van der Waals surface area (Å²) in [5.74, 6) is -1.02. The van der Waals surface area contributed by atoms with Gasteiger partial charge in [0, 0.05) is 12.1 Å². The normalized spacial score (nSPS) is 16.4. The number of hydrogen-bond donors (Lipinski definition) is 0. The fraction of sp³-hybridized carbons (Fsp3) is 0.417. The quantitative estimate of drug-likeness (QED) is 0.461. The number of sulfone groups is 1. The Kier molecular flexibility index (Phi) is 3.76. The number of hydrogen-bond acceptors (Lipinski definition) is 6. The minimum absolute atomic E-state index is 0.106. The summed E-state index contributed by atoms with van der Waals surface area (Å²) in [6.45, 7) is 0. The van der Waals surface area contributed by atoms with Gasteiger partial charge in [0.2, 0.25) is 0 Å². The number of carbonyl (C=O) groups excluding carboxylic acids is 1. The highest BCUT2D eigenvalue weighted by atomic mass is 32.2. The van der Waals surface area contributed by atoms with Gasteiger partial charge in [-0.3, -0.25) is 14.9 Å². The molecule has 8 heteroatoms. The molecule has 0 heterocycles. The van der Waals surface area contributed by atoms with Gasteiger partial charge in [-0.05, 0) is 30.9 Å². The highest BCUT2D eigenvalue weighted by Gasteiger charge is 2.46. The zero-order chi connectivity index (χ0) is 14.9. The van der Waals surface area contributed by atoms with Gasteiger partial charge in [0.05, 0.1) is 16.9 Å². The lowest BCUT2D eigenvalue weighted by atomic mass is 10.3. The van der Waals surface area contributed by atoms with Crippen LogP contribution in [0.2, 0.25) is 0 Å². The van der Waals surface area contributed by atoms with E-state index in [2.05, 4.69) is 4.74 Å². The maximum Gasteiger partial charge on any atom is 0.324 e. The van der Waals surface area contributed by atoms with Crippen LogP contribution in [0.1, 0.15) is 12.8 Å². The number of non-ortho nitro benzene ring substituents is 1. The van der Waals surface area contributed by atoms with Crippen molar-refractivity contribution in [1.82, 2.24) is 0 Å². The Labute approximate surface area is 115 Å². The first kappa shape index (κ1) is 14.4. The van der Waals surface area contributed by atoms with E-state index in [9.17, 15) is 23.3 Å². The molecule has 1 fully saturated rings. The number of ether oxygens (including phenoxy) is 1. The molecule has 0 spiro atoms. The third-order valence-electron chi connectivity index (χ3n) is 3.19. The Bertz CT molecular complexity index is 632. The number of nitrogens with zero attached hydrogens (tertiary/aromatic N) is 1. The average molecular weight is 299 g/mol. The second-order valence-electron chi connectivity index (χ2n) is 4.58. The van der Waals surface area contributed by atoms with Crippen LogP contribution in [0.5, 0.6) is 0 Å². The van der Waals surface area contributed by atoms with Gasteiger partial charge in [-0.25, -0.2) is 8.42 Å². The molecule has 0 bridgehead atoms. The van der Waals surface area contributed by atoms with Crippen molar-refractivity contribution >= 4 is 21.5 Å². The van der Waals surface area contributed by atoms with Crippen LogP contribution in [0.25, 0.3) is 0 Å². The van der Waals surface area contributed by atoms with Gasteiger partial charge in [0.15, 0.2) is 15.1 Å². The summed E-state index contributed by atoms with van der Waals surface area (Å²) in [6.07, 6.45) is 1.32. The standard InChI is InChI=1S/C12H13NO6S/c1-19-12(14)11(8-2-3-8)20(17,18)10-6-4-9(5-7-10)13(15)16/h4-8,11H,2-3H2,1H3. The van der Waals surface area contributed by atoms with Crippen molar-refractivity contribution in [1.29, 1.82) is 0 Å². The van der Waals surface area contributed by atoms with Crippen LogP contribution < -0.4 is 0 Å². The molecule has 1 saturated carbocycles. The number of esters is 1. The van der Waals surface area contributed by atoms with Gasteiger partial charge in [-0.2, -0.15) is 0 Å². The predicted molar refractivity (Wildman–Crippen MR) is 68.8 cm³/mol. The topological polar surface area (TPSA) is 104 Å². The van der Waals surface area contributed by atoms with Crippen LogP contribution in [0.15, 0.2) is 29.2 Å². The van der Waals surface area contributed by atoms with Crippen LogP contribution >= 0.6 is 0 Å². The molecular weight excluding hydrogens is 286 g/mol. The van der Waals surface area contributed by atoms with Crippen LogP contribution in [0, 0.1) is 16.0 Å². The molecule has 0 N–H and O–H groups in total. The van der Waals surface area contributed by atoms with E-state index in [0.29, 0.717) is 12.8 Å². The Morgan fingerprint density at radius 3 is 2.30 bits per heavy atom. The van der Waals surface area contributed by atoms with Crippen molar-refractivity contribution in [2.75, 3.05) is 7.11 Å². The van der Waals surface area contributed by atoms with Crippen molar-refractivity contribution in [2.45, 2.75) is 23.0 Å². The van der Waals surface area contributed by atoms with Gasteiger partial charge in [0.25, 0.3) is 5.69 Å². The van der Waals surface area contributed by atoms with Crippen molar-refractivity contribution in [3.63, 3.8) is 0 Å². The molecule has 1 aromatic carbocycles. The third kappa shape index (κ3) is 2.64. The minimum Gasteiger partial charge on any atom is -0.468 e. The number of carbonyl (C=O) groups is 1. The van der Waals surface area contributed by atoms with E-state index < -0.39 is 26.0 Å². The van der Waals surface area contributed by atoms with Crippen molar-refractivity contribution in [3.8, 4) is 0 Å². The fourth-order valence-electron chi connectivity index (χ4n) is 1.99. The second-order valence-corrected chi connectivity index (χ2v) is 6.65. The monoisotopic (exact) mass is 299 g/mol. The van der Waals surface area contributed by atoms with E-state index in [1.807, 2.05) is 0 Å². The number of methoxy groups -OCH3 is 1. The first-order chi connectivity index (χ1) is 9.37. The number of nitro benzene ring substituents is 1. The predicted octanol–water partition coefficient (Wildman–Crippen LogP) is 1.32. The molecule has 1 unspecified atom stereocenters. The van der Waals surface area contributed by atoms with Crippen LogP contribution in [-0.4, -0.2) is 31.7 Å². The van der Waals surface area contributed by atoms with Gasteiger partial charge in [-0.1, -0.05) is 0 Å². The van der Waals surface area contributed by atoms with Gasteiger partial charge in [-0.15, -0.1) is 0 Å². The van der Waals surface area contributed by atoms with Gasteiger partial charge < -0.3 is 4.74 Å². The molecule has 20 heavy (non-hydrogen) atoms. The molecule has 0 amide bonds. The smallest absolute Gasteiger partial charge is 0.324 e. The second kappa shape index (κ2) is 5.20. The zero-order valence-electron chi connectivity index (χ0n) is 10.7. The van der Waals surface area contributed by atoms with Crippen molar-refractivity contribution in [3.05, 3.63) is 34.4 Å². The molecule has 1 aliphatic rings. The summed E-state index contributed by atoms with van der Waals surface area (Å²) < 4.78 is 29.4. The summed E-state index contributed by atoms with van der Waals surface area (Å²) in [7, 11) is -2.75. The zero-order valence-corrected chi connectivity index (χ0v) is 11.5. The number of rotatable bonds is 5. The van der Waals surface area contributed by atoms with Crippen LogP contribution in [0.4, 0.5) is 5.69 Å². The molecule has 1 atom stereocenters. The van der Waals surface area contributed by atoms with Gasteiger partial charge in [0.1, 0.15) is 0 Å². The lowest BCUT2D eigenvalue weighted by Gasteiger charge is -2.14. The summed E-state index contributed by atoms with van der Waals surface area (Å²) >= 11 is 0. The number of nitro groups is 1. The van der Waals surface area contributed by atoms with E-state index in [1.165, 1.54) is 0 Å². The Hall–Kier alpha value is -1.96. The van der Waals surface area contributed by atoms with Crippen LogP contribution in [0.3, 0.4) is 0 Å². The van der Waals surface area contributed by atoms with E-state index >= 15 is 0 Å². The Morgan fingerprint density at radius 1 is 1.35 bits per heavy atom. The molecule has 108 valence electrons. The Morgan fingerprint density at radius 2 is 1.90 bits per heavy atom. The maximum atomic E-state index is 12.4. The largest absolute Gasteiger partial charge is 0.468 e. The summed E-state index contributed by atoms with van der Waals surface area (Å²) in [6, 6.07) is 4.50. The molecule has 0 aromatic heterocycles. The molecule has 0 aliphatic heterocycles. The van der Waals surface area contributed by atoms with Crippen molar-refractivity contribution in [2.24, 2.45) is 5.92 Å². The van der Waals surface area contributed by atoms with Crippen LogP contribution in [-0.2, 0) is 19.4 Å². The number of benzene rings is 1. The molecular formula is C12H13NO6S. The third-order valence-corrected chi connectivity index (χ3v) is 5.37. The lowest BCUT2D eigenvalue weighted by molar-refractivity contribution is -0.384. The summed E-state index contributed by atoms with van der Waals surface area (Å²) in [5.41, 5.74) is -0.204.